The van der Waals surface area contributed by atoms with Gasteiger partial charge in [0.05, 0.1) is 19.8 Å². The van der Waals surface area contributed by atoms with Crippen molar-refractivity contribution in [1.29, 1.82) is 0 Å². The first-order valence-corrected chi connectivity index (χ1v) is 10.5. The second-order valence-corrected chi connectivity index (χ2v) is 6.70. The van der Waals surface area contributed by atoms with E-state index in [1.165, 1.54) is 0 Å². The van der Waals surface area contributed by atoms with Crippen LogP contribution in [-0.4, -0.2) is 82.0 Å². The Morgan fingerprint density at radius 1 is 0.613 bits per heavy atom. The Morgan fingerprint density at radius 2 is 0.968 bits per heavy atom. The summed E-state index contributed by atoms with van der Waals surface area (Å²) >= 11 is 0. The van der Waals surface area contributed by atoms with Gasteiger partial charge in [-0.05, 0) is 38.5 Å². The van der Waals surface area contributed by atoms with Gasteiger partial charge in [-0.3, -0.25) is 5.32 Å². The molecule has 0 aliphatic carbocycles. The SMILES string of the molecule is COCCCCOC(Nc1nc(N)nc(N)n1)(OCCCCOC)OCCCCOC. The fourth-order valence-electron chi connectivity index (χ4n) is 2.50. The van der Waals surface area contributed by atoms with Gasteiger partial charge in [-0.2, -0.15) is 15.0 Å². The molecular weight excluding hydrogens is 408 g/mol. The molecule has 1 aromatic rings. The summed E-state index contributed by atoms with van der Waals surface area (Å²) in [4.78, 5) is 11.9. The third-order valence-corrected chi connectivity index (χ3v) is 4.04. The van der Waals surface area contributed by atoms with Crippen LogP contribution in [0.1, 0.15) is 38.5 Å². The minimum Gasteiger partial charge on any atom is -0.385 e. The van der Waals surface area contributed by atoms with Gasteiger partial charge in [0.15, 0.2) is 0 Å². The van der Waals surface area contributed by atoms with Gasteiger partial charge in [0.2, 0.25) is 17.8 Å². The number of anilines is 3. The van der Waals surface area contributed by atoms with Crippen molar-refractivity contribution in [2.24, 2.45) is 0 Å². The normalized spacial score (nSPS) is 11.7. The standard InChI is InChI=1S/C19H38N6O6/c1-26-10-4-7-13-29-19(30-14-8-5-11-27-2,31-15-9-6-12-28-3)25-18-23-16(20)22-17(21)24-18/h4-15H2,1-3H3,(H5,20,21,22,23,24,25). The quantitative estimate of drug-likeness (QED) is 0.195. The van der Waals surface area contributed by atoms with E-state index in [2.05, 4.69) is 20.3 Å². The third kappa shape index (κ3) is 12.6. The average Bonchev–Trinajstić information content (AvgIpc) is 2.72. The molecule has 0 unspecified atom stereocenters. The van der Waals surface area contributed by atoms with E-state index in [0.29, 0.717) is 39.6 Å². The lowest BCUT2D eigenvalue weighted by molar-refractivity contribution is -0.364. The number of nitrogens with two attached hydrogens (primary N) is 2. The van der Waals surface area contributed by atoms with E-state index < -0.39 is 6.10 Å². The Kier molecular flexibility index (Phi) is 14.8. The highest BCUT2D eigenvalue weighted by Crippen LogP contribution is 2.21. The summed E-state index contributed by atoms with van der Waals surface area (Å²) in [6, 6.07) is 0. The molecule has 0 bridgehead atoms. The van der Waals surface area contributed by atoms with E-state index in [1.807, 2.05) is 0 Å². The van der Waals surface area contributed by atoms with Crippen LogP contribution >= 0.6 is 0 Å². The molecule has 0 saturated heterocycles. The molecule has 5 N–H and O–H groups in total. The maximum absolute atomic E-state index is 6.02. The number of hydrogen-bond acceptors (Lipinski definition) is 12. The summed E-state index contributed by atoms with van der Waals surface area (Å²) in [5.41, 5.74) is 11.4. The molecule has 0 aromatic carbocycles. The lowest BCUT2D eigenvalue weighted by Crippen LogP contribution is -2.48. The van der Waals surface area contributed by atoms with Crippen LogP contribution in [-0.2, 0) is 28.4 Å². The molecule has 1 rings (SSSR count). The van der Waals surface area contributed by atoms with Crippen molar-refractivity contribution in [3.8, 4) is 0 Å². The summed E-state index contributed by atoms with van der Waals surface area (Å²) in [5, 5.41) is 2.96. The van der Waals surface area contributed by atoms with Gasteiger partial charge in [-0.15, -0.1) is 0 Å². The van der Waals surface area contributed by atoms with E-state index in [4.69, 9.17) is 39.9 Å². The highest BCUT2D eigenvalue weighted by Gasteiger charge is 2.35. The van der Waals surface area contributed by atoms with Crippen molar-refractivity contribution in [2.75, 3.05) is 77.8 Å². The predicted molar refractivity (Wildman–Crippen MR) is 116 cm³/mol. The zero-order valence-corrected chi connectivity index (χ0v) is 18.9. The van der Waals surface area contributed by atoms with Crippen molar-refractivity contribution in [1.82, 2.24) is 15.0 Å². The highest BCUT2D eigenvalue weighted by atomic mass is 16.9. The topological polar surface area (TPSA) is 158 Å². The van der Waals surface area contributed by atoms with Gasteiger partial charge < -0.3 is 39.9 Å². The van der Waals surface area contributed by atoms with Gasteiger partial charge in [0.25, 0.3) is 0 Å². The minimum absolute atomic E-state index is 0.0239. The van der Waals surface area contributed by atoms with E-state index in [-0.39, 0.29) is 17.8 Å². The molecule has 180 valence electrons. The van der Waals surface area contributed by atoms with Gasteiger partial charge in [0.1, 0.15) is 0 Å². The minimum atomic E-state index is -1.60. The molecule has 12 nitrogen and oxygen atoms in total. The number of nitrogen functional groups attached to an aromatic ring is 2. The maximum Gasteiger partial charge on any atom is 0.377 e. The monoisotopic (exact) mass is 446 g/mol. The van der Waals surface area contributed by atoms with Crippen LogP contribution in [0, 0.1) is 0 Å². The molecule has 0 spiro atoms. The number of ether oxygens (including phenoxy) is 6. The molecule has 0 fully saturated rings. The number of methoxy groups -OCH3 is 3. The van der Waals surface area contributed by atoms with Crippen molar-refractivity contribution in [3.05, 3.63) is 0 Å². The van der Waals surface area contributed by atoms with Gasteiger partial charge in [-0.1, -0.05) is 0 Å². The first-order chi connectivity index (χ1) is 15.0. The van der Waals surface area contributed by atoms with Gasteiger partial charge in [0, 0.05) is 41.2 Å². The molecule has 0 aliphatic heterocycles. The first-order valence-electron chi connectivity index (χ1n) is 10.5. The lowest BCUT2D eigenvalue weighted by atomic mass is 10.3. The summed E-state index contributed by atoms with van der Waals surface area (Å²) in [5.74, 6) is 0.0454. The van der Waals surface area contributed by atoms with Crippen molar-refractivity contribution in [3.63, 3.8) is 0 Å². The Balaban J connectivity index is 2.89. The fraction of sp³-hybridized carbons (Fsp3) is 0.842. The Bertz CT molecular complexity index is 527. The predicted octanol–water partition coefficient (Wildman–Crippen LogP) is 1.39. The summed E-state index contributed by atoms with van der Waals surface area (Å²) in [6.07, 6.45) is 3.14. The number of hydrogen-bond donors (Lipinski definition) is 3. The first kappa shape index (κ1) is 27.2. The number of aromatic nitrogens is 3. The van der Waals surface area contributed by atoms with Crippen LogP contribution < -0.4 is 16.8 Å². The van der Waals surface area contributed by atoms with E-state index in [9.17, 15) is 0 Å². The molecule has 31 heavy (non-hydrogen) atoms. The smallest absolute Gasteiger partial charge is 0.377 e. The summed E-state index contributed by atoms with van der Waals surface area (Å²) in [7, 11) is 4.98. The van der Waals surface area contributed by atoms with Crippen LogP contribution in [0.5, 0.6) is 0 Å². The molecule has 0 saturated carbocycles. The van der Waals surface area contributed by atoms with Crippen LogP contribution in [0.3, 0.4) is 0 Å². The number of unbranched alkanes of at least 4 members (excludes halogenated alkanes) is 3. The van der Waals surface area contributed by atoms with Gasteiger partial charge in [-0.25, -0.2) is 0 Å². The fourth-order valence-corrected chi connectivity index (χ4v) is 2.50. The Morgan fingerprint density at radius 3 is 1.32 bits per heavy atom. The molecule has 0 radical (unpaired) electrons. The molecule has 1 aromatic heterocycles. The van der Waals surface area contributed by atoms with Crippen molar-refractivity contribution < 1.29 is 28.4 Å². The second-order valence-electron chi connectivity index (χ2n) is 6.70. The van der Waals surface area contributed by atoms with Gasteiger partial charge >= 0.3 is 6.10 Å². The van der Waals surface area contributed by atoms with E-state index >= 15 is 0 Å². The van der Waals surface area contributed by atoms with Crippen LogP contribution in [0.15, 0.2) is 0 Å². The zero-order valence-electron chi connectivity index (χ0n) is 18.9. The summed E-state index contributed by atoms with van der Waals surface area (Å²) < 4.78 is 33.3. The molecule has 0 aliphatic rings. The van der Waals surface area contributed by atoms with Crippen LogP contribution in [0.4, 0.5) is 17.8 Å². The summed E-state index contributed by atoms with van der Waals surface area (Å²) in [6.45, 7) is 3.01. The Labute approximate surface area is 184 Å². The molecule has 1 heterocycles. The lowest BCUT2D eigenvalue weighted by Gasteiger charge is -2.33. The van der Waals surface area contributed by atoms with E-state index in [0.717, 1.165) is 38.5 Å². The largest absolute Gasteiger partial charge is 0.385 e. The van der Waals surface area contributed by atoms with Crippen LogP contribution in [0.25, 0.3) is 0 Å². The van der Waals surface area contributed by atoms with Crippen molar-refractivity contribution >= 4 is 17.8 Å². The zero-order chi connectivity index (χ0) is 22.8. The average molecular weight is 447 g/mol. The highest BCUT2D eigenvalue weighted by molar-refractivity contribution is 5.37. The molecular formula is C19H38N6O6. The molecule has 0 amide bonds. The third-order valence-electron chi connectivity index (χ3n) is 4.04. The Hall–Kier alpha value is -1.83. The number of nitrogens with zero attached hydrogens (tertiary/aromatic N) is 3. The number of nitrogens with one attached hydrogen (secondary N) is 1. The van der Waals surface area contributed by atoms with Crippen LogP contribution in [0.2, 0.25) is 0 Å². The molecule has 0 atom stereocenters. The maximum atomic E-state index is 6.02. The number of rotatable bonds is 20. The van der Waals surface area contributed by atoms with E-state index in [1.54, 1.807) is 21.3 Å². The van der Waals surface area contributed by atoms with Crippen molar-refractivity contribution in [2.45, 2.75) is 44.6 Å². The molecule has 12 heteroatoms. The second kappa shape index (κ2) is 16.8.